The highest BCUT2D eigenvalue weighted by Crippen LogP contribution is 2.37. The zero-order valence-electron chi connectivity index (χ0n) is 20.4. The first kappa shape index (κ1) is 23.1. The van der Waals surface area contributed by atoms with Crippen LogP contribution >= 0.6 is 0 Å². The Morgan fingerprint density at radius 3 is 2.31 bits per heavy atom. The van der Waals surface area contributed by atoms with Gasteiger partial charge in [-0.2, -0.15) is 0 Å². The molecule has 1 amide bonds. The summed E-state index contributed by atoms with van der Waals surface area (Å²) in [4.78, 5) is 18.3. The smallest absolute Gasteiger partial charge is 0.225 e. The first-order valence-electron chi connectivity index (χ1n) is 12.3. The van der Waals surface area contributed by atoms with Crippen LogP contribution in [0.15, 0.2) is 72.8 Å². The van der Waals surface area contributed by atoms with Crippen molar-refractivity contribution in [3.05, 3.63) is 83.9 Å². The summed E-state index contributed by atoms with van der Waals surface area (Å²) in [5, 5.41) is 3.23. The molecule has 0 unspecified atom stereocenters. The number of nitrogens with one attached hydrogen (secondary N) is 1. The fourth-order valence-electron chi connectivity index (χ4n) is 5.34. The summed E-state index contributed by atoms with van der Waals surface area (Å²) in [5.41, 5.74) is 4.89. The first-order chi connectivity index (χ1) is 17.2. The maximum atomic E-state index is 13.5. The molecule has 1 N–H and O–H groups in total. The summed E-state index contributed by atoms with van der Waals surface area (Å²) in [5.74, 6) is 1.74. The average molecular weight is 472 g/mol. The zero-order chi connectivity index (χ0) is 24.2. The SMILES string of the molecule is COc1ccc(CCNC(=O)[C@@H]2Cc3ccccc3N3CCN(c4ccc(OC)cc4)C[C@H]23)cc1. The number of rotatable bonds is 7. The van der Waals surface area contributed by atoms with Crippen molar-refractivity contribution >= 4 is 17.3 Å². The van der Waals surface area contributed by atoms with Gasteiger partial charge in [-0.15, -0.1) is 0 Å². The van der Waals surface area contributed by atoms with Gasteiger partial charge in [0.15, 0.2) is 0 Å². The molecule has 2 heterocycles. The maximum Gasteiger partial charge on any atom is 0.225 e. The molecule has 0 aromatic heterocycles. The van der Waals surface area contributed by atoms with E-state index in [2.05, 4.69) is 63.6 Å². The van der Waals surface area contributed by atoms with Crippen molar-refractivity contribution in [2.45, 2.75) is 18.9 Å². The van der Waals surface area contributed by atoms with E-state index in [-0.39, 0.29) is 17.9 Å². The van der Waals surface area contributed by atoms with E-state index in [9.17, 15) is 4.79 Å². The van der Waals surface area contributed by atoms with Crippen LogP contribution in [0.25, 0.3) is 0 Å². The van der Waals surface area contributed by atoms with Crippen molar-refractivity contribution in [3.63, 3.8) is 0 Å². The van der Waals surface area contributed by atoms with Gasteiger partial charge in [0.25, 0.3) is 0 Å². The Balaban J connectivity index is 1.30. The van der Waals surface area contributed by atoms with Crippen molar-refractivity contribution in [2.75, 3.05) is 50.2 Å². The molecule has 35 heavy (non-hydrogen) atoms. The third kappa shape index (κ3) is 4.92. The van der Waals surface area contributed by atoms with E-state index in [1.54, 1.807) is 14.2 Å². The van der Waals surface area contributed by atoms with Crippen LogP contribution in [0.1, 0.15) is 11.1 Å². The predicted molar refractivity (Wildman–Crippen MR) is 140 cm³/mol. The van der Waals surface area contributed by atoms with Crippen LogP contribution in [0.5, 0.6) is 11.5 Å². The summed E-state index contributed by atoms with van der Waals surface area (Å²) < 4.78 is 10.6. The Morgan fingerprint density at radius 1 is 0.914 bits per heavy atom. The monoisotopic (exact) mass is 471 g/mol. The number of nitrogens with zero attached hydrogens (tertiary/aromatic N) is 2. The van der Waals surface area contributed by atoms with E-state index < -0.39 is 0 Å². The predicted octanol–water partition coefficient (Wildman–Crippen LogP) is 3.93. The molecule has 2 aliphatic rings. The molecule has 0 aliphatic carbocycles. The second-order valence-electron chi connectivity index (χ2n) is 9.23. The number of anilines is 2. The van der Waals surface area contributed by atoms with Gasteiger partial charge in [-0.1, -0.05) is 30.3 Å². The normalized spacial score (nSPS) is 18.9. The number of hydrogen-bond acceptors (Lipinski definition) is 5. The van der Waals surface area contributed by atoms with Gasteiger partial charge >= 0.3 is 0 Å². The lowest BCUT2D eigenvalue weighted by molar-refractivity contribution is -0.125. The zero-order valence-corrected chi connectivity index (χ0v) is 20.4. The third-order valence-corrected chi connectivity index (χ3v) is 7.27. The first-order valence-corrected chi connectivity index (χ1v) is 12.3. The number of hydrogen-bond donors (Lipinski definition) is 1. The van der Waals surface area contributed by atoms with Gasteiger partial charge in [-0.25, -0.2) is 0 Å². The molecule has 5 rings (SSSR count). The molecular weight excluding hydrogens is 438 g/mol. The molecule has 2 atom stereocenters. The Kier molecular flexibility index (Phi) is 6.80. The molecule has 0 saturated carbocycles. The molecule has 1 fully saturated rings. The highest BCUT2D eigenvalue weighted by atomic mass is 16.5. The standard InChI is InChI=1S/C29H33N3O3/c1-34-24-11-7-21(8-12-24)15-16-30-29(33)26-19-22-5-3-4-6-27(22)32-18-17-31(20-28(26)32)23-9-13-25(35-2)14-10-23/h3-14,26,28H,15-20H2,1-2H3,(H,30,33)/t26-,28-/m1/s1. The quantitative estimate of drug-likeness (QED) is 0.566. The van der Waals surface area contributed by atoms with Crippen LogP contribution < -0.4 is 24.6 Å². The molecule has 3 aromatic rings. The molecular formula is C29H33N3O3. The highest BCUT2D eigenvalue weighted by molar-refractivity contribution is 5.82. The molecule has 1 saturated heterocycles. The number of para-hydroxylation sites is 1. The summed E-state index contributed by atoms with van der Waals surface area (Å²) in [6.45, 7) is 3.25. The lowest BCUT2D eigenvalue weighted by Crippen LogP contribution is -2.61. The number of benzene rings is 3. The van der Waals surface area contributed by atoms with Crippen LogP contribution in [-0.4, -0.2) is 52.3 Å². The number of carbonyl (C=O) groups is 1. The van der Waals surface area contributed by atoms with Crippen LogP contribution in [0.3, 0.4) is 0 Å². The second kappa shape index (κ2) is 10.3. The van der Waals surface area contributed by atoms with Gasteiger partial charge in [0.05, 0.1) is 26.2 Å². The number of amides is 1. The summed E-state index contributed by atoms with van der Waals surface area (Å²) >= 11 is 0. The minimum absolute atomic E-state index is 0.0955. The van der Waals surface area contributed by atoms with E-state index in [4.69, 9.17) is 9.47 Å². The van der Waals surface area contributed by atoms with Gasteiger partial charge in [-0.05, 0) is 66.4 Å². The number of piperazine rings is 1. The Labute approximate surface area is 207 Å². The van der Waals surface area contributed by atoms with Crippen LogP contribution in [0, 0.1) is 5.92 Å². The molecule has 0 bridgehead atoms. The van der Waals surface area contributed by atoms with E-state index >= 15 is 0 Å². The average Bonchev–Trinajstić information content (AvgIpc) is 2.92. The van der Waals surface area contributed by atoms with Crippen molar-refractivity contribution in [3.8, 4) is 11.5 Å². The van der Waals surface area contributed by atoms with Gasteiger partial charge in [0.1, 0.15) is 11.5 Å². The highest BCUT2D eigenvalue weighted by Gasteiger charge is 2.41. The second-order valence-corrected chi connectivity index (χ2v) is 9.23. The molecule has 2 aliphatic heterocycles. The van der Waals surface area contributed by atoms with Crippen molar-refractivity contribution in [1.29, 1.82) is 0 Å². The van der Waals surface area contributed by atoms with E-state index in [1.807, 2.05) is 24.3 Å². The Morgan fingerprint density at radius 2 is 1.60 bits per heavy atom. The van der Waals surface area contributed by atoms with E-state index in [1.165, 1.54) is 22.5 Å². The summed E-state index contributed by atoms with van der Waals surface area (Å²) in [6, 6.07) is 24.9. The molecule has 0 spiro atoms. The molecule has 182 valence electrons. The minimum Gasteiger partial charge on any atom is -0.497 e. The van der Waals surface area contributed by atoms with Crippen molar-refractivity contribution in [2.24, 2.45) is 5.92 Å². The van der Waals surface area contributed by atoms with Gasteiger partial charge < -0.3 is 24.6 Å². The Hall–Kier alpha value is -3.67. The number of methoxy groups -OCH3 is 2. The topological polar surface area (TPSA) is 54.0 Å². The van der Waals surface area contributed by atoms with Gasteiger partial charge in [0.2, 0.25) is 5.91 Å². The molecule has 6 heteroatoms. The largest absolute Gasteiger partial charge is 0.497 e. The van der Waals surface area contributed by atoms with E-state index in [0.29, 0.717) is 6.54 Å². The lowest BCUT2D eigenvalue weighted by Gasteiger charge is -2.49. The minimum atomic E-state index is -0.0955. The maximum absolute atomic E-state index is 13.5. The summed E-state index contributed by atoms with van der Waals surface area (Å²) in [7, 11) is 3.35. The van der Waals surface area contributed by atoms with E-state index in [0.717, 1.165) is 44.0 Å². The number of fused-ring (bicyclic) bond motifs is 3. The number of ether oxygens (including phenoxy) is 2. The molecule has 6 nitrogen and oxygen atoms in total. The van der Waals surface area contributed by atoms with Crippen LogP contribution in [0.4, 0.5) is 11.4 Å². The molecule has 0 radical (unpaired) electrons. The Bertz CT molecular complexity index is 1150. The fourth-order valence-corrected chi connectivity index (χ4v) is 5.34. The van der Waals surface area contributed by atoms with Crippen molar-refractivity contribution < 1.29 is 14.3 Å². The molecule has 3 aromatic carbocycles. The third-order valence-electron chi connectivity index (χ3n) is 7.27. The summed E-state index contributed by atoms with van der Waals surface area (Å²) in [6.07, 6.45) is 1.56. The number of carbonyl (C=O) groups excluding carboxylic acids is 1. The lowest BCUT2D eigenvalue weighted by atomic mass is 9.83. The van der Waals surface area contributed by atoms with Crippen LogP contribution in [-0.2, 0) is 17.6 Å². The van der Waals surface area contributed by atoms with Gasteiger partial charge in [-0.3, -0.25) is 4.79 Å². The fraction of sp³-hybridized carbons (Fsp3) is 0.345. The van der Waals surface area contributed by atoms with Gasteiger partial charge in [0, 0.05) is 37.6 Å². The van der Waals surface area contributed by atoms with Crippen LogP contribution in [0.2, 0.25) is 0 Å². The van der Waals surface area contributed by atoms with Crippen molar-refractivity contribution in [1.82, 2.24) is 5.32 Å².